The fourth-order valence-corrected chi connectivity index (χ4v) is 3.48. The second kappa shape index (κ2) is 9.92. The molecule has 0 spiro atoms. The Bertz CT molecular complexity index is 1040. The van der Waals surface area contributed by atoms with Crippen LogP contribution in [0.5, 0.6) is 0 Å². The summed E-state index contributed by atoms with van der Waals surface area (Å²) in [4.78, 5) is 25.0. The highest BCUT2D eigenvalue weighted by molar-refractivity contribution is 5.98. The summed E-state index contributed by atoms with van der Waals surface area (Å²) in [5.74, 6) is -0.164. The van der Waals surface area contributed by atoms with Crippen LogP contribution >= 0.6 is 0 Å². The van der Waals surface area contributed by atoms with Crippen LogP contribution < -0.4 is 16.0 Å². The van der Waals surface area contributed by atoms with E-state index in [1.54, 1.807) is 12.1 Å². The van der Waals surface area contributed by atoms with E-state index in [1.165, 1.54) is 0 Å². The first-order valence-electron chi connectivity index (χ1n) is 10.4. The van der Waals surface area contributed by atoms with Crippen LogP contribution in [0, 0.1) is 6.92 Å². The number of benzene rings is 3. The van der Waals surface area contributed by atoms with Gasteiger partial charge in [-0.25, -0.2) is 4.79 Å². The first-order chi connectivity index (χ1) is 14.5. The summed E-state index contributed by atoms with van der Waals surface area (Å²) >= 11 is 0. The average molecular weight is 404 g/mol. The molecule has 0 bridgehead atoms. The second-order valence-corrected chi connectivity index (χ2v) is 7.53. The van der Waals surface area contributed by atoms with Gasteiger partial charge in [0.05, 0.1) is 6.04 Å². The van der Waals surface area contributed by atoms with E-state index < -0.39 is 0 Å². The maximum atomic E-state index is 13.0. The molecule has 0 heterocycles. The Balaban J connectivity index is 1.73. The van der Waals surface area contributed by atoms with Gasteiger partial charge in [-0.05, 0) is 54.3 Å². The predicted octanol–water partition coefficient (Wildman–Crippen LogP) is 5.56. The number of hydrogen-bond donors (Lipinski definition) is 3. The van der Waals surface area contributed by atoms with E-state index in [1.807, 2.05) is 44.2 Å². The van der Waals surface area contributed by atoms with Gasteiger partial charge in [0.2, 0.25) is 0 Å². The fraction of sp³-hybridized carbons (Fsp3) is 0.280. The summed E-state index contributed by atoms with van der Waals surface area (Å²) in [6.07, 6.45) is 1.95. The van der Waals surface area contributed by atoms with Crippen LogP contribution in [0.4, 0.5) is 10.5 Å². The maximum Gasteiger partial charge on any atom is 0.319 e. The van der Waals surface area contributed by atoms with Crippen molar-refractivity contribution < 1.29 is 9.59 Å². The monoisotopic (exact) mass is 403 g/mol. The Morgan fingerprint density at radius 1 is 1.00 bits per heavy atom. The van der Waals surface area contributed by atoms with Crippen molar-refractivity contribution in [1.29, 1.82) is 0 Å². The smallest absolute Gasteiger partial charge is 0.319 e. The van der Waals surface area contributed by atoms with Crippen molar-refractivity contribution in [3.63, 3.8) is 0 Å². The van der Waals surface area contributed by atoms with Crippen molar-refractivity contribution in [2.75, 3.05) is 11.9 Å². The Kier molecular flexibility index (Phi) is 7.07. The molecule has 5 nitrogen and oxygen atoms in total. The lowest BCUT2D eigenvalue weighted by atomic mass is 9.99. The topological polar surface area (TPSA) is 70.2 Å². The summed E-state index contributed by atoms with van der Waals surface area (Å²) in [5, 5.41) is 11.0. The van der Waals surface area contributed by atoms with Gasteiger partial charge in [0.1, 0.15) is 0 Å². The number of unbranched alkanes of at least 4 members (excludes halogenated alkanes) is 1. The normalized spacial score (nSPS) is 11.7. The van der Waals surface area contributed by atoms with Crippen LogP contribution in [0.2, 0.25) is 0 Å². The predicted molar refractivity (Wildman–Crippen MR) is 123 cm³/mol. The number of rotatable bonds is 7. The van der Waals surface area contributed by atoms with E-state index >= 15 is 0 Å². The minimum Gasteiger partial charge on any atom is -0.345 e. The summed E-state index contributed by atoms with van der Waals surface area (Å²) < 4.78 is 0. The van der Waals surface area contributed by atoms with Gasteiger partial charge in [-0.15, -0.1) is 0 Å². The zero-order valence-corrected chi connectivity index (χ0v) is 17.8. The van der Waals surface area contributed by atoms with Crippen molar-refractivity contribution in [2.24, 2.45) is 0 Å². The summed E-state index contributed by atoms with van der Waals surface area (Å²) in [7, 11) is 0. The van der Waals surface area contributed by atoms with E-state index in [0.29, 0.717) is 17.8 Å². The number of nitrogens with one attached hydrogen (secondary N) is 3. The van der Waals surface area contributed by atoms with E-state index in [2.05, 4.69) is 41.1 Å². The highest BCUT2D eigenvalue weighted by atomic mass is 16.2. The van der Waals surface area contributed by atoms with E-state index in [0.717, 1.165) is 34.7 Å². The number of urea groups is 1. The van der Waals surface area contributed by atoms with Gasteiger partial charge in [-0.1, -0.05) is 61.9 Å². The molecule has 0 saturated carbocycles. The lowest BCUT2D eigenvalue weighted by molar-refractivity contribution is 0.0939. The first kappa shape index (κ1) is 21.4. The number of anilines is 1. The molecule has 3 amide bonds. The number of carbonyl (C=O) groups excluding carboxylic acids is 2. The first-order valence-corrected chi connectivity index (χ1v) is 10.4. The number of aryl methyl sites for hydroxylation is 1. The molecule has 3 rings (SSSR count). The van der Waals surface area contributed by atoms with E-state index in [-0.39, 0.29) is 18.0 Å². The molecule has 0 aliphatic rings. The van der Waals surface area contributed by atoms with Crippen LogP contribution in [0.3, 0.4) is 0 Å². The molecule has 0 radical (unpaired) electrons. The Morgan fingerprint density at radius 3 is 2.57 bits per heavy atom. The van der Waals surface area contributed by atoms with Gasteiger partial charge >= 0.3 is 6.03 Å². The maximum absolute atomic E-state index is 13.0. The Morgan fingerprint density at radius 2 is 1.77 bits per heavy atom. The lowest BCUT2D eigenvalue weighted by Crippen LogP contribution is -2.30. The number of amides is 3. The molecule has 1 atom stereocenters. The fourth-order valence-electron chi connectivity index (χ4n) is 3.48. The molecule has 0 aliphatic heterocycles. The SMILES string of the molecule is CCCCNC(=O)Nc1ccc(C)c(C(=O)N[C@H](C)c2cccc3ccccc23)c1. The molecular weight excluding hydrogens is 374 g/mol. The lowest BCUT2D eigenvalue weighted by Gasteiger charge is -2.18. The van der Waals surface area contributed by atoms with Crippen molar-refractivity contribution in [3.05, 3.63) is 77.4 Å². The minimum absolute atomic E-state index is 0.156. The third-order valence-corrected chi connectivity index (χ3v) is 5.19. The zero-order valence-electron chi connectivity index (χ0n) is 17.8. The Hall–Kier alpha value is -3.34. The van der Waals surface area contributed by atoms with Gasteiger partial charge in [0.25, 0.3) is 5.91 Å². The minimum atomic E-state index is -0.261. The van der Waals surface area contributed by atoms with Gasteiger partial charge < -0.3 is 16.0 Å². The molecule has 3 N–H and O–H groups in total. The van der Waals surface area contributed by atoms with Gasteiger partial charge in [0.15, 0.2) is 0 Å². The molecule has 3 aromatic rings. The average Bonchev–Trinajstić information content (AvgIpc) is 2.74. The van der Waals surface area contributed by atoms with Crippen LogP contribution in [0.25, 0.3) is 10.8 Å². The largest absolute Gasteiger partial charge is 0.345 e. The molecule has 3 aromatic carbocycles. The van der Waals surface area contributed by atoms with Crippen LogP contribution in [-0.2, 0) is 0 Å². The van der Waals surface area contributed by atoms with Gasteiger partial charge in [0, 0.05) is 17.8 Å². The second-order valence-electron chi connectivity index (χ2n) is 7.53. The summed E-state index contributed by atoms with van der Waals surface area (Å²) in [6, 6.07) is 19.2. The zero-order chi connectivity index (χ0) is 21.5. The molecular formula is C25H29N3O2. The van der Waals surface area contributed by atoms with E-state index in [9.17, 15) is 9.59 Å². The molecule has 0 fully saturated rings. The van der Waals surface area contributed by atoms with Crippen molar-refractivity contribution in [2.45, 2.75) is 39.7 Å². The number of hydrogen-bond acceptors (Lipinski definition) is 2. The standard InChI is InChI=1S/C25H29N3O2/c1-4-5-15-26-25(30)28-20-14-13-17(2)23(16-20)24(29)27-18(3)21-12-8-10-19-9-6-7-11-22(19)21/h6-14,16,18H,4-5,15H2,1-3H3,(H,27,29)(H2,26,28,30)/t18-/m1/s1. The van der Waals surface area contributed by atoms with Crippen molar-refractivity contribution >= 4 is 28.4 Å². The van der Waals surface area contributed by atoms with Crippen molar-refractivity contribution in [1.82, 2.24) is 10.6 Å². The Labute approximate surface area is 177 Å². The summed E-state index contributed by atoms with van der Waals surface area (Å²) in [6.45, 7) is 6.58. The van der Waals surface area contributed by atoms with Crippen molar-refractivity contribution in [3.8, 4) is 0 Å². The highest BCUT2D eigenvalue weighted by Crippen LogP contribution is 2.25. The summed E-state index contributed by atoms with van der Waals surface area (Å²) in [5.41, 5.74) is 3.07. The quantitative estimate of drug-likeness (QED) is 0.452. The van der Waals surface area contributed by atoms with Crippen LogP contribution in [0.1, 0.15) is 54.2 Å². The van der Waals surface area contributed by atoms with Gasteiger partial charge in [-0.2, -0.15) is 0 Å². The third-order valence-electron chi connectivity index (χ3n) is 5.19. The molecule has 0 unspecified atom stereocenters. The van der Waals surface area contributed by atoms with E-state index in [4.69, 9.17) is 0 Å². The molecule has 156 valence electrons. The molecule has 0 aromatic heterocycles. The molecule has 30 heavy (non-hydrogen) atoms. The molecule has 0 aliphatic carbocycles. The number of carbonyl (C=O) groups is 2. The number of fused-ring (bicyclic) bond motifs is 1. The van der Waals surface area contributed by atoms with Gasteiger partial charge in [-0.3, -0.25) is 4.79 Å². The van der Waals surface area contributed by atoms with Crippen LogP contribution in [0.15, 0.2) is 60.7 Å². The third kappa shape index (κ3) is 5.17. The highest BCUT2D eigenvalue weighted by Gasteiger charge is 2.16. The molecule has 5 heteroatoms. The molecule has 0 saturated heterocycles. The van der Waals surface area contributed by atoms with Crippen LogP contribution in [-0.4, -0.2) is 18.5 Å².